The van der Waals surface area contributed by atoms with E-state index in [1.165, 1.54) is 5.69 Å². The Bertz CT molecular complexity index is 852. The van der Waals surface area contributed by atoms with E-state index < -0.39 is 0 Å². The summed E-state index contributed by atoms with van der Waals surface area (Å²) in [5.74, 6) is 0. The summed E-state index contributed by atoms with van der Waals surface area (Å²) in [6.07, 6.45) is 7.87. The summed E-state index contributed by atoms with van der Waals surface area (Å²) >= 11 is 0. The highest BCUT2D eigenvalue weighted by Crippen LogP contribution is 2.28. The molecule has 1 aliphatic heterocycles. The van der Waals surface area contributed by atoms with Crippen LogP contribution in [0.5, 0.6) is 0 Å². The fraction of sp³-hybridized carbons (Fsp3) is 0.368. The van der Waals surface area contributed by atoms with Crippen LogP contribution in [0.2, 0.25) is 0 Å². The van der Waals surface area contributed by atoms with Crippen molar-refractivity contribution in [2.24, 2.45) is 0 Å². The van der Waals surface area contributed by atoms with Gasteiger partial charge in [-0.25, -0.2) is 4.98 Å². The Kier molecular flexibility index (Phi) is 4.28. The van der Waals surface area contributed by atoms with Gasteiger partial charge in [-0.2, -0.15) is 0 Å². The minimum atomic E-state index is 0.239. The molecular weight excluding hydrogens is 314 g/mol. The number of morpholine rings is 1. The number of ether oxygens (including phenoxy) is 1. The van der Waals surface area contributed by atoms with Gasteiger partial charge in [0.05, 0.1) is 48.2 Å². The molecule has 4 rings (SSSR count). The van der Waals surface area contributed by atoms with Crippen LogP contribution >= 0.6 is 0 Å². The molecule has 1 N–H and O–H groups in total. The van der Waals surface area contributed by atoms with Crippen molar-refractivity contribution >= 4 is 17.0 Å². The first-order valence-corrected chi connectivity index (χ1v) is 8.70. The molecule has 0 radical (unpaired) electrons. The summed E-state index contributed by atoms with van der Waals surface area (Å²) in [4.78, 5) is 10.9. The van der Waals surface area contributed by atoms with Crippen molar-refractivity contribution in [2.45, 2.75) is 32.6 Å². The molecule has 0 saturated carbocycles. The van der Waals surface area contributed by atoms with E-state index in [0.717, 1.165) is 30.1 Å². The quantitative estimate of drug-likeness (QED) is 0.793. The summed E-state index contributed by atoms with van der Waals surface area (Å²) in [6.45, 7) is 6.78. The smallest absolute Gasteiger partial charge is 0.155 e. The monoisotopic (exact) mass is 337 g/mol. The Hall–Kier alpha value is -2.60. The molecule has 6 heteroatoms. The third-order valence-corrected chi connectivity index (χ3v) is 4.52. The number of fused-ring (bicyclic) bond motifs is 1. The van der Waals surface area contributed by atoms with Crippen LogP contribution in [0, 0.1) is 0 Å². The number of benzene rings is 1. The number of rotatable bonds is 4. The van der Waals surface area contributed by atoms with E-state index in [1.807, 2.05) is 12.4 Å². The van der Waals surface area contributed by atoms with Gasteiger partial charge in [-0.1, -0.05) is 12.1 Å². The highest BCUT2D eigenvalue weighted by atomic mass is 16.5. The first-order chi connectivity index (χ1) is 12.2. The average molecular weight is 337 g/mol. The van der Waals surface area contributed by atoms with Gasteiger partial charge in [0.2, 0.25) is 0 Å². The number of anilines is 2. The van der Waals surface area contributed by atoms with Crippen molar-refractivity contribution in [1.29, 1.82) is 0 Å². The maximum atomic E-state index is 5.87. The second-order valence-corrected chi connectivity index (χ2v) is 6.59. The summed E-state index contributed by atoms with van der Waals surface area (Å²) < 4.78 is 7.92. The molecule has 0 aliphatic carbocycles. The molecule has 1 aliphatic rings. The van der Waals surface area contributed by atoms with Crippen molar-refractivity contribution in [3.8, 4) is 0 Å². The van der Waals surface area contributed by atoms with Crippen LogP contribution < -0.4 is 10.2 Å². The molecule has 2 aromatic heterocycles. The van der Waals surface area contributed by atoms with E-state index in [1.54, 1.807) is 12.4 Å². The molecule has 1 fully saturated rings. The number of nitrogens with one attached hydrogen (secondary N) is 1. The number of imidazole rings is 1. The Morgan fingerprint density at radius 3 is 2.80 bits per heavy atom. The third kappa shape index (κ3) is 3.30. The lowest BCUT2D eigenvalue weighted by Gasteiger charge is -2.37. The highest BCUT2D eigenvalue weighted by molar-refractivity contribution is 5.70. The largest absolute Gasteiger partial charge is 0.378 e. The van der Waals surface area contributed by atoms with Crippen molar-refractivity contribution in [2.75, 3.05) is 23.3 Å². The minimum Gasteiger partial charge on any atom is -0.378 e. The standard InChI is InChI=1S/C19H23N5O/c1-14-12-23(13-15(2)25-14)18-6-4-3-5-17(18)21-9-16-10-22-19-11-20-7-8-24(16)19/h3-8,10-11,14-15,21H,9,12-13H2,1-2H3/t14-,15-/m0/s1. The van der Waals surface area contributed by atoms with Crippen LogP contribution in [0.4, 0.5) is 11.4 Å². The summed E-state index contributed by atoms with van der Waals surface area (Å²) in [7, 11) is 0. The number of nitrogens with zero attached hydrogens (tertiary/aromatic N) is 4. The van der Waals surface area contributed by atoms with Gasteiger partial charge in [-0.15, -0.1) is 0 Å². The van der Waals surface area contributed by atoms with E-state index in [2.05, 4.69) is 62.7 Å². The number of hydrogen-bond acceptors (Lipinski definition) is 5. The molecule has 3 heterocycles. The SMILES string of the molecule is C[C@H]1CN(c2ccccc2NCc2cnc3cnccn23)C[C@H](C)O1. The van der Waals surface area contributed by atoms with Crippen LogP contribution in [0.15, 0.2) is 49.1 Å². The third-order valence-electron chi connectivity index (χ3n) is 4.52. The van der Waals surface area contributed by atoms with Gasteiger partial charge < -0.3 is 15.0 Å². The summed E-state index contributed by atoms with van der Waals surface area (Å²) in [5.41, 5.74) is 4.33. The number of hydrogen-bond donors (Lipinski definition) is 1. The fourth-order valence-corrected chi connectivity index (χ4v) is 3.48. The predicted molar refractivity (Wildman–Crippen MR) is 99.0 cm³/mol. The molecule has 2 atom stereocenters. The molecule has 3 aromatic rings. The maximum absolute atomic E-state index is 5.87. The zero-order chi connectivity index (χ0) is 17.2. The first kappa shape index (κ1) is 15.9. The van der Waals surface area contributed by atoms with Crippen molar-refractivity contribution in [1.82, 2.24) is 14.4 Å². The van der Waals surface area contributed by atoms with Crippen LogP contribution in [-0.4, -0.2) is 39.7 Å². The Balaban J connectivity index is 1.55. The van der Waals surface area contributed by atoms with Crippen molar-refractivity contribution in [3.05, 3.63) is 54.7 Å². The molecule has 0 spiro atoms. The highest BCUT2D eigenvalue weighted by Gasteiger charge is 2.23. The Morgan fingerprint density at radius 1 is 1.16 bits per heavy atom. The Morgan fingerprint density at radius 2 is 1.96 bits per heavy atom. The molecule has 25 heavy (non-hydrogen) atoms. The van der Waals surface area contributed by atoms with Crippen LogP contribution in [0.25, 0.3) is 5.65 Å². The second-order valence-electron chi connectivity index (χ2n) is 6.59. The molecule has 130 valence electrons. The van der Waals surface area contributed by atoms with E-state index in [-0.39, 0.29) is 12.2 Å². The first-order valence-electron chi connectivity index (χ1n) is 8.70. The normalized spacial score (nSPS) is 20.8. The zero-order valence-corrected chi connectivity index (χ0v) is 14.6. The van der Waals surface area contributed by atoms with Crippen LogP contribution in [0.1, 0.15) is 19.5 Å². The van der Waals surface area contributed by atoms with Crippen LogP contribution in [0.3, 0.4) is 0 Å². The lowest BCUT2D eigenvalue weighted by Crippen LogP contribution is -2.45. The van der Waals surface area contributed by atoms with Gasteiger partial charge >= 0.3 is 0 Å². The van der Waals surface area contributed by atoms with E-state index in [4.69, 9.17) is 4.74 Å². The van der Waals surface area contributed by atoms with Gasteiger partial charge in [-0.05, 0) is 26.0 Å². The van der Waals surface area contributed by atoms with E-state index in [0.29, 0.717) is 6.54 Å². The van der Waals surface area contributed by atoms with Gasteiger partial charge in [-0.3, -0.25) is 9.38 Å². The molecule has 1 aromatic carbocycles. The number of aromatic nitrogens is 3. The average Bonchev–Trinajstić information content (AvgIpc) is 3.02. The summed E-state index contributed by atoms with van der Waals surface area (Å²) in [5, 5.41) is 3.57. The van der Waals surface area contributed by atoms with Gasteiger partial charge in [0.25, 0.3) is 0 Å². The summed E-state index contributed by atoms with van der Waals surface area (Å²) in [6, 6.07) is 8.46. The Labute approximate surface area is 147 Å². The predicted octanol–water partition coefficient (Wildman–Crippen LogP) is 2.96. The number of para-hydroxylation sites is 2. The van der Waals surface area contributed by atoms with Gasteiger partial charge in [0.1, 0.15) is 0 Å². The molecular formula is C19H23N5O. The molecule has 0 bridgehead atoms. The van der Waals surface area contributed by atoms with Crippen molar-refractivity contribution < 1.29 is 4.74 Å². The minimum absolute atomic E-state index is 0.239. The topological polar surface area (TPSA) is 54.7 Å². The van der Waals surface area contributed by atoms with E-state index >= 15 is 0 Å². The van der Waals surface area contributed by atoms with Crippen molar-refractivity contribution in [3.63, 3.8) is 0 Å². The molecule has 0 amide bonds. The van der Waals surface area contributed by atoms with E-state index in [9.17, 15) is 0 Å². The van der Waals surface area contributed by atoms with Gasteiger partial charge in [0.15, 0.2) is 5.65 Å². The zero-order valence-electron chi connectivity index (χ0n) is 14.6. The fourth-order valence-electron chi connectivity index (χ4n) is 3.48. The second kappa shape index (κ2) is 6.72. The molecule has 1 saturated heterocycles. The molecule has 6 nitrogen and oxygen atoms in total. The molecule has 0 unspecified atom stereocenters. The van der Waals surface area contributed by atoms with Crippen LogP contribution in [-0.2, 0) is 11.3 Å². The maximum Gasteiger partial charge on any atom is 0.155 e. The van der Waals surface area contributed by atoms with Gasteiger partial charge in [0, 0.05) is 25.5 Å². The lowest BCUT2D eigenvalue weighted by atomic mass is 10.1. The lowest BCUT2D eigenvalue weighted by molar-refractivity contribution is -0.00517.